The Bertz CT molecular complexity index is 832. The lowest BCUT2D eigenvalue weighted by molar-refractivity contribution is 0.222. The molecule has 2 aromatic heterocycles. The summed E-state index contributed by atoms with van der Waals surface area (Å²) in [7, 11) is -1.70. The Hall–Kier alpha value is -1.29. The van der Waals surface area contributed by atoms with Crippen LogP contribution in [-0.4, -0.2) is 60.8 Å². The maximum Gasteiger partial charge on any atom is 0.260 e. The van der Waals surface area contributed by atoms with E-state index in [1.54, 1.807) is 6.92 Å². The van der Waals surface area contributed by atoms with Crippen LogP contribution in [0.2, 0.25) is 0 Å². The van der Waals surface area contributed by atoms with Crippen molar-refractivity contribution in [2.45, 2.75) is 11.8 Å². The number of aromatic amines is 1. The second kappa shape index (κ2) is 5.16. The van der Waals surface area contributed by atoms with Gasteiger partial charge in [-0.25, -0.2) is 13.4 Å². The largest absolute Gasteiger partial charge is 0.313 e. The monoisotopic (exact) mass is 328 g/mol. The van der Waals surface area contributed by atoms with Crippen LogP contribution in [0.4, 0.5) is 0 Å². The Kier molecular flexibility index (Phi) is 3.60. The van der Waals surface area contributed by atoms with Gasteiger partial charge >= 0.3 is 0 Å². The summed E-state index contributed by atoms with van der Waals surface area (Å²) in [6.07, 6.45) is 1.30. The standard InChI is InChI=1S/C12H16N4O3S2/c1-8-10(9-11(17)13-7-14-12(9)20-8)21(18,19)16-5-3-15(2)4-6-16/h7H,3-6H2,1-2H3,(H,13,14,17). The zero-order valence-electron chi connectivity index (χ0n) is 11.8. The molecule has 0 radical (unpaired) electrons. The molecule has 7 nitrogen and oxygen atoms in total. The minimum atomic E-state index is -3.66. The number of nitrogens with zero attached hydrogens (tertiary/aromatic N) is 3. The van der Waals surface area contributed by atoms with Crippen LogP contribution in [0.15, 0.2) is 16.0 Å². The smallest absolute Gasteiger partial charge is 0.260 e. The van der Waals surface area contributed by atoms with Gasteiger partial charge in [-0.05, 0) is 14.0 Å². The highest BCUT2D eigenvalue weighted by molar-refractivity contribution is 7.89. The van der Waals surface area contributed by atoms with Crippen molar-refractivity contribution in [1.29, 1.82) is 0 Å². The van der Waals surface area contributed by atoms with E-state index in [1.165, 1.54) is 22.0 Å². The van der Waals surface area contributed by atoms with Crippen molar-refractivity contribution in [2.24, 2.45) is 0 Å². The van der Waals surface area contributed by atoms with Gasteiger partial charge in [0.15, 0.2) is 0 Å². The van der Waals surface area contributed by atoms with Crippen molar-refractivity contribution < 1.29 is 8.42 Å². The Labute approximate surface area is 126 Å². The Morgan fingerprint density at radius 2 is 1.95 bits per heavy atom. The Balaban J connectivity index is 2.15. The highest BCUT2D eigenvalue weighted by atomic mass is 32.2. The second-order valence-electron chi connectivity index (χ2n) is 5.11. The van der Waals surface area contributed by atoms with Gasteiger partial charge in [0.05, 0.1) is 11.7 Å². The van der Waals surface area contributed by atoms with Gasteiger partial charge in [-0.3, -0.25) is 4.79 Å². The molecule has 0 bridgehead atoms. The predicted octanol–water partition coefficient (Wildman–Crippen LogP) is 0.229. The first-order valence-corrected chi connectivity index (χ1v) is 8.82. The van der Waals surface area contributed by atoms with E-state index in [-0.39, 0.29) is 10.3 Å². The number of nitrogens with one attached hydrogen (secondary N) is 1. The number of hydrogen-bond donors (Lipinski definition) is 1. The summed E-state index contributed by atoms with van der Waals surface area (Å²) in [5.41, 5.74) is -0.406. The molecule has 0 spiro atoms. The zero-order valence-corrected chi connectivity index (χ0v) is 13.4. The van der Waals surface area contributed by atoms with Crippen LogP contribution < -0.4 is 5.56 Å². The first kappa shape index (κ1) is 14.6. The SMILES string of the molecule is Cc1sc2nc[nH]c(=O)c2c1S(=O)(=O)N1CCN(C)CC1. The number of hydrogen-bond acceptors (Lipinski definition) is 6. The number of aryl methyl sites for hydroxylation is 1. The van der Waals surface area contributed by atoms with Crippen molar-refractivity contribution >= 4 is 31.6 Å². The summed E-state index contributed by atoms with van der Waals surface area (Å²) in [4.78, 5) is 21.8. The topological polar surface area (TPSA) is 86.4 Å². The summed E-state index contributed by atoms with van der Waals surface area (Å²) in [5.74, 6) is 0. The molecule has 1 aliphatic heterocycles. The number of likely N-dealkylation sites (N-methyl/N-ethyl adjacent to an activating group) is 1. The van der Waals surface area contributed by atoms with E-state index >= 15 is 0 Å². The van der Waals surface area contributed by atoms with E-state index in [9.17, 15) is 13.2 Å². The van der Waals surface area contributed by atoms with Gasteiger partial charge in [-0.15, -0.1) is 11.3 Å². The molecule has 21 heavy (non-hydrogen) atoms. The number of fused-ring (bicyclic) bond motifs is 1. The molecule has 1 N–H and O–H groups in total. The van der Waals surface area contributed by atoms with Crippen LogP contribution in [0, 0.1) is 6.92 Å². The summed E-state index contributed by atoms with van der Waals surface area (Å²) in [6, 6.07) is 0. The number of H-pyrrole nitrogens is 1. The minimum Gasteiger partial charge on any atom is -0.313 e. The normalized spacial score (nSPS) is 18.4. The van der Waals surface area contributed by atoms with Gasteiger partial charge in [0, 0.05) is 31.1 Å². The van der Waals surface area contributed by atoms with Crippen molar-refractivity contribution in [3.05, 3.63) is 21.6 Å². The second-order valence-corrected chi connectivity index (χ2v) is 8.18. The van der Waals surface area contributed by atoms with Crippen molar-refractivity contribution in [3.8, 4) is 0 Å². The first-order valence-electron chi connectivity index (χ1n) is 6.57. The fraction of sp³-hybridized carbons (Fsp3) is 0.500. The van der Waals surface area contributed by atoms with E-state index in [2.05, 4.69) is 14.9 Å². The highest BCUT2D eigenvalue weighted by Gasteiger charge is 2.32. The van der Waals surface area contributed by atoms with Gasteiger partial charge < -0.3 is 9.88 Å². The van der Waals surface area contributed by atoms with Crippen molar-refractivity contribution in [3.63, 3.8) is 0 Å². The molecule has 3 heterocycles. The molecule has 2 aromatic rings. The molecule has 0 amide bonds. The third-order valence-corrected chi connectivity index (χ3v) is 6.89. The minimum absolute atomic E-state index is 0.112. The third kappa shape index (κ3) is 2.39. The average molecular weight is 328 g/mol. The van der Waals surface area contributed by atoms with Gasteiger partial charge in [-0.1, -0.05) is 0 Å². The number of piperazine rings is 1. The molecular formula is C12H16N4O3S2. The molecule has 0 atom stereocenters. The lowest BCUT2D eigenvalue weighted by Gasteiger charge is -2.31. The van der Waals surface area contributed by atoms with Gasteiger partial charge in [0.2, 0.25) is 10.0 Å². The number of sulfonamides is 1. The average Bonchev–Trinajstić information content (AvgIpc) is 2.77. The van der Waals surface area contributed by atoms with E-state index in [0.29, 0.717) is 35.9 Å². The molecule has 114 valence electrons. The van der Waals surface area contributed by atoms with Crippen molar-refractivity contribution in [1.82, 2.24) is 19.2 Å². The lowest BCUT2D eigenvalue weighted by Crippen LogP contribution is -2.47. The van der Waals surface area contributed by atoms with Crippen molar-refractivity contribution in [2.75, 3.05) is 33.2 Å². The van der Waals surface area contributed by atoms with Gasteiger partial charge in [0.1, 0.15) is 9.73 Å². The third-order valence-electron chi connectivity index (χ3n) is 3.68. The van der Waals surface area contributed by atoms with Gasteiger partial charge in [-0.2, -0.15) is 4.31 Å². The quantitative estimate of drug-likeness (QED) is 0.853. The number of rotatable bonds is 2. The zero-order chi connectivity index (χ0) is 15.2. The fourth-order valence-corrected chi connectivity index (χ4v) is 5.60. The highest BCUT2D eigenvalue weighted by Crippen LogP contribution is 2.32. The molecule has 9 heteroatoms. The Morgan fingerprint density at radius 3 is 2.62 bits per heavy atom. The molecule has 1 saturated heterocycles. The molecule has 1 aliphatic rings. The van der Waals surface area contributed by atoms with Gasteiger partial charge in [0.25, 0.3) is 5.56 Å². The summed E-state index contributed by atoms with van der Waals surface area (Å²) < 4.78 is 27.2. The van der Waals surface area contributed by atoms with Crippen LogP contribution in [0.25, 0.3) is 10.2 Å². The summed E-state index contributed by atoms with van der Waals surface area (Å²) in [6.45, 7) is 3.97. The van der Waals surface area contributed by atoms with Crippen LogP contribution in [0.5, 0.6) is 0 Å². The van der Waals surface area contributed by atoms with E-state index in [0.717, 1.165) is 0 Å². The summed E-state index contributed by atoms with van der Waals surface area (Å²) >= 11 is 1.24. The molecule has 1 fully saturated rings. The van der Waals surface area contributed by atoms with E-state index < -0.39 is 15.6 Å². The number of thiophene rings is 1. The van der Waals surface area contributed by atoms with Crippen LogP contribution in [0.3, 0.4) is 0 Å². The fourth-order valence-electron chi connectivity index (χ4n) is 2.50. The molecule has 0 saturated carbocycles. The predicted molar refractivity (Wildman–Crippen MR) is 81.2 cm³/mol. The maximum atomic E-state index is 12.9. The first-order chi connectivity index (χ1) is 9.91. The van der Waals surface area contributed by atoms with Crippen LogP contribution in [0.1, 0.15) is 4.88 Å². The maximum absolute atomic E-state index is 12.9. The Morgan fingerprint density at radius 1 is 1.29 bits per heavy atom. The van der Waals surface area contributed by atoms with Crippen LogP contribution in [-0.2, 0) is 10.0 Å². The van der Waals surface area contributed by atoms with E-state index in [4.69, 9.17) is 0 Å². The van der Waals surface area contributed by atoms with Crippen LogP contribution >= 0.6 is 11.3 Å². The lowest BCUT2D eigenvalue weighted by atomic mass is 10.4. The van der Waals surface area contributed by atoms with E-state index in [1.807, 2.05) is 7.05 Å². The molecule has 3 rings (SSSR count). The molecular weight excluding hydrogens is 312 g/mol. The molecule has 0 aromatic carbocycles. The number of aromatic nitrogens is 2. The molecule has 0 unspecified atom stereocenters. The molecule has 0 aliphatic carbocycles. The summed E-state index contributed by atoms with van der Waals surface area (Å²) in [5, 5.41) is 0.180.